The Bertz CT molecular complexity index is 1530. The second kappa shape index (κ2) is 10.7. The second-order valence-electron chi connectivity index (χ2n) is 10.2. The SMILES string of the molecule is COc1ccc(C)cc1Cn1c(-c2cccc(OCC[C@@H](C)C(=O)O)c2Cl)nc2c(OC3(C)CC3)ncnc21. The summed E-state index contributed by atoms with van der Waals surface area (Å²) in [5.41, 5.74) is 3.61. The summed E-state index contributed by atoms with van der Waals surface area (Å²) in [5.74, 6) is 0.826. The molecule has 9 nitrogen and oxygen atoms in total. The van der Waals surface area contributed by atoms with Gasteiger partial charge in [0.2, 0.25) is 5.88 Å². The molecule has 0 bridgehead atoms. The fraction of sp³-hybridized carbons (Fsp3) is 0.379. The number of aliphatic carboxylic acids is 1. The van der Waals surface area contributed by atoms with Crippen LogP contribution in [0.15, 0.2) is 42.7 Å². The van der Waals surface area contributed by atoms with Gasteiger partial charge in [0.05, 0.1) is 31.2 Å². The number of hydrogen-bond donors (Lipinski definition) is 1. The zero-order chi connectivity index (χ0) is 27.7. The first-order chi connectivity index (χ1) is 18.7. The Morgan fingerprint density at radius 1 is 1.21 bits per heavy atom. The first kappa shape index (κ1) is 26.7. The van der Waals surface area contributed by atoms with E-state index >= 15 is 0 Å². The molecule has 1 aliphatic carbocycles. The van der Waals surface area contributed by atoms with Gasteiger partial charge in [-0.3, -0.25) is 4.79 Å². The third-order valence-corrected chi connectivity index (χ3v) is 7.38. The molecule has 2 aromatic carbocycles. The predicted octanol–water partition coefficient (Wildman–Crippen LogP) is 5.93. The highest BCUT2D eigenvalue weighted by atomic mass is 35.5. The molecule has 1 saturated carbocycles. The average molecular weight is 551 g/mol. The highest BCUT2D eigenvalue weighted by Crippen LogP contribution is 2.42. The Labute approximate surface area is 231 Å². The molecule has 0 aliphatic heterocycles. The van der Waals surface area contributed by atoms with Crippen LogP contribution in [-0.4, -0.2) is 49.9 Å². The van der Waals surface area contributed by atoms with E-state index in [0.29, 0.717) is 52.2 Å². The third-order valence-electron chi connectivity index (χ3n) is 6.99. The molecule has 1 fully saturated rings. The first-order valence-electron chi connectivity index (χ1n) is 12.9. The van der Waals surface area contributed by atoms with Crippen molar-refractivity contribution >= 4 is 28.7 Å². The van der Waals surface area contributed by atoms with E-state index in [9.17, 15) is 9.90 Å². The Kier molecular flexibility index (Phi) is 7.36. The zero-order valence-electron chi connectivity index (χ0n) is 22.4. The van der Waals surface area contributed by atoms with Crippen molar-refractivity contribution in [2.24, 2.45) is 5.92 Å². The maximum absolute atomic E-state index is 11.2. The molecule has 0 spiro atoms. The molecule has 204 valence electrons. The smallest absolute Gasteiger partial charge is 0.306 e. The molecule has 1 atom stereocenters. The number of methoxy groups -OCH3 is 1. The summed E-state index contributed by atoms with van der Waals surface area (Å²) in [5, 5.41) is 9.55. The lowest BCUT2D eigenvalue weighted by atomic mass is 10.1. The number of aryl methyl sites for hydroxylation is 1. The molecule has 1 aliphatic rings. The van der Waals surface area contributed by atoms with Gasteiger partial charge in [-0.2, -0.15) is 4.98 Å². The monoisotopic (exact) mass is 550 g/mol. The second-order valence-corrected chi connectivity index (χ2v) is 10.6. The summed E-state index contributed by atoms with van der Waals surface area (Å²) < 4.78 is 19.8. The van der Waals surface area contributed by atoms with E-state index in [1.54, 1.807) is 20.1 Å². The average Bonchev–Trinajstić information content (AvgIpc) is 3.52. The third kappa shape index (κ3) is 5.63. The van der Waals surface area contributed by atoms with Crippen molar-refractivity contribution in [3.63, 3.8) is 0 Å². The van der Waals surface area contributed by atoms with Crippen molar-refractivity contribution in [3.8, 4) is 28.8 Å². The van der Waals surface area contributed by atoms with Crippen LogP contribution < -0.4 is 14.2 Å². The van der Waals surface area contributed by atoms with Gasteiger partial charge in [-0.15, -0.1) is 0 Å². The molecule has 0 saturated heterocycles. The molecule has 39 heavy (non-hydrogen) atoms. The van der Waals surface area contributed by atoms with Crippen molar-refractivity contribution < 1.29 is 24.1 Å². The minimum absolute atomic E-state index is 0.218. The van der Waals surface area contributed by atoms with E-state index in [1.807, 2.05) is 35.8 Å². The number of carbonyl (C=O) groups is 1. The van der Waals surface area contributed by atoms with Gasteiger partial charge in [0.25, 0.3) is 0 Å². The summed E-state index contributed by atoms with van der Waals surface area (Å²) >= 11 is 6.88. The van der Waals surface area contributed by atoms with Gasteiger partial charge in [-0.25, -0.2) is 9.97 Å². The molecule has 10 heteroatoms. The molecule has 2 heterocycles. The number of aromatic nitrogens is 4. The van der Waals surface area contributed by atoms with Crippen molar-refractivity contribution in [2.45, 2.75) is 52.2 Å². The van der Waals surface area contributed by atoms with Gasteiger partial charge in [0, 0.05) is 11.1 Å². The van der Waals surface area contributed by atoms with Gasteiger partial charge in [0.1, 0.15) is 29.3 Å². The van der Waals surface area contributed by atoms with Crippen LogP contribution in [0.5, 0.6) is 17.4 Å². The number of benzene rings is 2. The summed E-state index contributed by atoms with van der Waals surface area (Å²) in [6, 6.07) is 11.5. The molecule has 0 radical (unpaired) electrons. The van der Waals surface area contributed by atoms with Crippen molar-refractivity contribution in [1.82, 2.24) is 19.5 Å². The molecule has 0 unspecified atom stereocenters. The number of ether oxygens (including phenoxy) is 3. The highest BCUT2D eigenvalue weighted by Gasteiger charge is 2.41. The Morgan fingerprint density at radius 2 is 2.00 bits per heavy atom. The standard InChI is InChI=1S/C29H31ClN4O5/c1-17-8-9-21(37-4)19(14-17)15-34-25(33-24-26(34)31-16-32-27(24)39-29(3)11-12-29)20-6-5-7-22(23(20)30)38-13-10-18(2)28(35)36/h5-9,14,16,18H,10-13,15H2,1-4H3,(H,35,36)/t18-/m1/s1. The molecule has 0 amide bonds. The topological polar surface area (TPSA) is 109 Å². The molecule has 1 N–H and O–H groups in total. The summed E-state index contributed by atoms with van der Waals surface area (Å²) in [6.45, 7) is 6.37. The normalized spacial score (nSPS) is 14.7. The number of imidazole rings is 1. The predicted molar refractivity (Wildman–Crippen MR) is 148 cm³/mol. The minimum atomic E-state index is -0.863. The number of fused-ring (bicyclic) bond motifs is 1. The Hall–Kier alpha value is -3.85. The number of carboxylic acids is 1. The zero-order valence-corrected chi connectivity index (χ0v) is 23.2. The van der Waals surface area contributed by atoms with Crippen LogP contribution in [0.1, 0.15) is 44.2 Å². The van der Waals surface area contributed by atoms with E-state index in [2.05, 4.69) is 23.0 Å². The number of rotatable bonds is 11. The first-order valence-corrected chi connectivity index (χ1v) is 13.2. The number of carboxylic acid groups (broad SMARTS) is 1. The van der Waals surface area contributed by atoms with Gasteiger partial charge in [0.15, 0.2) is 11.2 Å². The largest absolute Gasteiger partial charge is 0.496 e. The van der Waals surface area contributed by atoms with Crippen LogP contribution in [0.3, 0.4) is 0 Å². The lowest BCUT2D eigenvalue weighted by molar-refractivity contribution is -0.141. The van der Waals surface area contributed by atoms with E-state index in [-0.39, 0.29) is 12.2 Å². The van der Waals surface area contributed by atoms with E-state index < -0.39 is 11.9 Å². The number of hydrogen-bond acceptors (Lipinski definition) is 7. The van der Waals surface area contributed by atoms with E-state index in [0.717, 1.165) is 29.7 Å². The number of halogens is 1. The van der Waals surface area contributed by atoms with Crippen LogP contribution in [-0.2, 0) is 11.3 Å². The van der Waals surface area contributed by atoms with Crippen molar-refractivity contribution in [2.75, 3.05) is 13.7 Å². The van der Waals surface area contributed by atoms with Crippen LogP contribution >= 0.6 is 11.6 Å². The fourth-order valence-corrected chi connectivity index (χ4v) is 4.59. The maximum Gasteiger partial charge on any atom is 0.306 e. The minimum Gasteiger partial charge on any atom is -0.496 e. The van der Waals surface area contributed by atoms with Crippen LogP contribution in [0, 0.1) is 12.8 Å². The summed E-state index contributed by atoms with van der Waals surface area (Å²) in [6.07, 6.45) is 3.76. The van der Waals surface area contributed by atoms with Crippen LogP contribution in [0.2, 0.25) is 5.02 Å². The molecule has 4 aromatic rings. The van der Waals surface area contributed by atoms with Gasteiger partial charge >= 0.3 is 5.97 Å². The molecule has 5 rings (SSSR count). The van der Waals surface area contributed by atoms with E-state index in [4.69, 9.17) is 30.8 Å². The quantitative estimate of drug-likeness (QED) is 0.245. The van der Waals surface area contributed by atoms with Crippen LogP contribution in [0.4, 0.5) is 0 Å². The Balaban J connectivity index is 1.60. The molecular formula is C29H31ClN4O5. The van der Waals surface area contributed by atoms with E-state index in [1.165, 1.54) is 6.33 Å². The van der Waals surface area contributed by atoms with Crippen molar-refractivity contribution in [3.05, 3.63) is 58.9 Å². The maximum atomic E-state index is 11.2. The number of nitrogens with zero attached hydrogens (tertiary/aromatic N) is 4. The van der Waals surface area contributed by atoms with Gasteiger partial charge in [-0.1, -0.05) is 42.3 Å². The van der Waals surface area contributed by atoms with Crippen LogP contribution in [0.25, 0.3) is 22.6 Å². The highest BCUT2D eigenvalue weighted by molar-refractivity contribution is 6.34. The lowest BCUT2D eigenvalue weighted by Gasteiger charge is -2.15. The van der Waals surface area contributed by atoms with Gasteiger partial charge in [-0.05, 0) is 51.3 Å². The Morgan fingerprint density at radius 3 is 2.72 bits per heavy atom. The summed E-state index contributed by atoms with van der Waals surface area (Å²) in [4.78, 5) is 25.1. The molecular weight excluding hydrogens is 520 g/mol. The molecule has 2 aromatic heterocycles. The summed E-state index contributed by atoms with van der Waals surface area (Å²) in [7, 11) is 1.65. The fourth-order valence-electron chi connectivity index (χ4n) is 4.32. The lowest BCUT2D eigenvalue weighted by Crippen LogP contribution is -2.13. The van der Waals surface area contributed by atoms with Gasteiger partial charge < -0.3 is 23.9 Å². The van der Waals surface area contributed by atoms with Crippen molar-refractivity contribution in [1.29, 1.82) is 0 Å².